The van der Waals surface area contributed by atoms with Gasteiger partial charge in [0.25, 0.3) is 0 Å². The number of carbonyl (C=O) groups is 1. The van der Waals surface area contributed by atoms with Gasteiger partial charge >= 0.3 is 5.97 Å². The van der Waals surface area contributed by atoms with Crippen LogP contribution in [0.2, 0.25) is 0 Å². The predicted molar refractivity (Wildman–Crippen MR) is 120 cm³/mol. The second-order valence-electron chi connectivity index (χ2n) is 10.2. The lowest BCUT2D eigenvalue weighted by Crippen LogP contribution is -2.52. The molecule has 1 N–H and O–H groups in total. The summed E-state index contributed by atoms with van der Waals surface area (Å²) >= 11 is 0. The van der Waals surface area contributed by atoms with Gasteiger partial charge in [-0.3, -0.25) is 4.79 Å². The summed E-state index contributed by atoms with van der Waals surface area (Å²) in [6.07, 6.45) is 7.81. The van der Waals surface area contributed by atoms with Crippen LogP contribution in [0.1, 0.15) is 95.8 Å². The van der Waals surface area contributed by atoms with E-state index in [9.17, 15) is 4.79 Å². The number of rotatable bonds is 8. The van der Waals surface area contributed by atoms with Crippen molar-refractivity contribution in [2.75, 3.05) is 19.7 Å². The quantitative estimate of drug-likeness (QED) is 0.446. The molecule has 0 unspecified atom stereocenters. The third kappa shape index (κ3) is 4.71. The van der Waals surface area contributed by atoms with Crippen LogP contribution in [0, 0.1) is 11.3 Å². The molecule has 162 valence electrons. The molecule has 0 aromatic heterocycles. The van der Waals surface area contributed by atoms with Gasteiger partial charge in [-0.05, 0) is 84.9 Å². The molecular weight excluding hydrogens is 358 g/mol. The minimum atomic E-state index is -0.0737. The zero-order valence-corrected chi connectivity index (χ0v) is 19.3. The Morgan fingerprint density at radius 3 is 2.79 bits per heavy atom. The fraction of sp³-hybridized carbons (Fsp3) is 0.731. The molecule has 1 aromatic carbocycles. The summed E-state index contributed by atoms with van der Waals surface area (Å²) in [7, 11) is 0. The lowest BCUT2D eigenvalue weighted by atomic mass is 9.49. The van der Waals surface area contributed by atoms with Gasteiger partial charge in [0, 0.05) is 13.0 Å². The van der Waals surface area contributed by atoms with Gasteiger partial charge in [-0.2, -0.15) is 0 Å². The number of aryl methyl sites for hydroxylation is 1. The molecule has 0 bridgehead atoms. The molecular formula is C26H41NO2. The standard InChI is InChI=1S/C26H41NO2/c1-6-29-24(28)9-7-16-27-18-25(4)14-8-15-26(5)22-12-10-20(19(2)3)17-21(22)11-13-23(25)26/h10,12,17,19,23,27H,6-9,11,13-16,18H2,1-5H3/t23-,25-,26+/m0/s1. The molecule has 2 aliphatic rings. The van der Waals surface area contributed by atoms with Crippen molar-refractivity contribution < 1.29 is 9.53 Å². The van der Waals surface area contributed by atoms with Crippen LogP contribution in [0.3, 0.4) is 0 Å². The van der Waals surface area contributed by atoms with E-state index in [0.29, 0.717) is 29.8 Å². The van der Waals surface area contributed by atoms with Crippen LogP contribution in [0.25, 0.3) is 0 Å². The molecule has 3 rings (SSSR count). The molecule has 0 spiro atoms. The maximum Gasteiger partial charge on any atom is 0.305 e. The third-order valence-corrected chi connectivity index (χ3v) is 7.74. The van der Waals surface area contributed by atoms with Gasteiger partial charge in [0.05, 0.1) is 6.61 Å². The predicted octanol–water partition coefficient (Wildman–Crippen LogP) is 5.75. The Bertz CT molecular complexity index is 713. The Balaban J connectivity index is 1.66. The monoisotopic (exact) mass is 399 g/mol. The summed E-state index contributed by atoms with van der Waals surface area (Å²) in [6.45, 7) is 13.9. The van der Waals surface area contributed by atoms with E-state index in [2.05, 4.69) is 51.2 Å². The van der Waals surface area contributed by atoms with Crippen molar-refractivity contribution in [3.63, 3.8) is 0 Å². The summed E-state index contributed by atoms with van der Waals surface area (Å²) in [5, 5.41) is 3.68. The molecule has 1 fully saturated rings. The van der Waals surface area contributed by atoms with Gasteiger partial charge in [-0.25, -0.2) is 0 Å². The van der Waals surface area contributed by atoms with E-state index >= 15 is 0 Å². The van der Waals surface area contributed by atoms with Crippen molar-refractivity contribution in [1.29, 1.82) is 0 Å². The van der Waals surface area contributed by atoms with Crippen LogP contribution >= 0.6 is 0 Å². The smallest absolute Gasteiger partial charge is 0.305 e. The van der Waals surface area contributed by atoms with Gasteiger partial charge in [0.15, 0.2) is 0 Å². The van der Waals surface area contributed by atoms with Gasteiger partial charge in [-0.15, -0.1) is 0 Å². The van der Waals surface area contributed by atoms with Crippen molar-refractivity contribution in [1.82, 2.24) is 5.32 Å². The number of fused-ring (bicyclic) bond motifs is 3. The number of hydrogen-bond donors (Lipinski definition) is 1. The van der Waals surface area contributed by atoms with Crippen LogP contribution in [0.5, 0.6) is 0 Å². The highest BCUT2D eigenvalue weighted by atomic mass is 16.5. The second-order valence-corrected chi connectivity index (χ2v) is 10.2. The number of esters is 1. The Kier molecular flexibility index (Phi) is 7.09. The molecule has 29 heavy (non-hydrogen) atoms. The lowest BCUT2D eigenvalue weighted by molar-refractivity contribution is -0.143. The van der Waals surface area contributed by atoms with E-state index in [1.807, 2.05) is 6.92 Å². The maximum absolute atomic E-state index is 11.5. The molecule has 0 aliphatic heterocycles. The molecule has 3 atom stereocenters. The molecule has 3 heteroatoms. The Labute approximate surface area is 178 Å². The molecule has 1 aromatic rings. The van der Waals surface area contributed by atoms with Gasteiger partial charge in [0.1, 0.15) is 0 Å². The lowest BCUT2D eigenvalue weighted by Gasteiger charge is -2.55. The first-order valence-corrected chi connectivity index (χ1v) is 11.8. The topological polar surface area (TPSA) is 38.3 Å². The molecule has 0 radical (unpaired) electrons. The number of carbonyl (C=O) groups excluding carboxylic acids is 1. The Hall–Kier alpha value is -1.35. The average Bonchev–Trinajstić information content (AvgIpc) is 2.67. The zero-order chi connectivity index (χ0) is 21.1. The van der Waals surface area contributed by atoms with E-state index in [4.69, 9.17) is 4.74 Å². The first-order valence-electron chi connectivity index (χ1n) is 11.8. The van der Waals surface area contributed by atoms with Crippen LogP contribution in [-0.2, 0) is 21.4 Å². The van der Waals surface area contributed by atoms with Crippen LogP contribution < -0.4 is 5.32 Å². The normalized spacial score (nSPS) is 28.7. The first kappa shape index (κ1) is 22.3. The third-order valence-electron chi connectivity index (χ3n) is 7.74. The summed E-state index contributed by atoms with van der Waals surface area (Å²) in [5.74, 6) is 1.25. The highest BCUT2D eigenvalue weighted by Gasteiger charge is 2.51. The number of benzene rings is 1. The Morgan fingerprint density at radius 1 is 1.28 bits per heavy atom. The first-order chi connectivity index (χ1) is 13.8. The summed E-state index contributed by atoms with van der Waals surface area (Å²) in [5.41, 5.74) is 5.31. The van der Waals surface area contributed by atoms with Crippen molar-refractivity contribution in [2.45, 2.75) is 90.9 Å². The fourth-order valence-electron chi connectivity index (χ4n) is 6.18. The zero-order valence-electron chi connectivity index (χ0n) is 19.3. The molecule has 0 saturated heterocycles. The van der Waals surface area contributed by atoms with Gasteiger partial charge in [-0.1, -0.05) is 52.3 Å². The van der Waals surface area contributed by atoms with E-state index in [0.717, 1.165) is 25.4 Å². The van der Waals surface area contributed by atoms with Gasteiger partial charge in [0.2, 0.25) is 0 Å². The van der Waals surface area contributed by atoms with Crippen molar-refractivity contribution >= 4 is 5.97 Å². The molecule has 0 amide bonds. The van der Waals surface area contributed by atoms with Crippen LogP contribution in [0.4, 0.5) is 0 Å². The van der Waals surface area contributed by atoms with E-state index in [-0.39, 0.29) is 5.97 Å². The molecule has 1 saturated carbocycles. The maximum atomic E-state index is 11.5. The van der Waals surface area contributed by atoms with Crippen LogP contribution in [0.15, 0.2) is 18.2 Å². The number of ether oxygens (including phenoxy) is 1. The van der Waals surface area contributed by atoms with Crippen molar-refractivity contribution in [3.8, 4) is 0 Å². The highest BCUT2D eigenvalue weighted by Crippen LogP contribution is 2.57. The highest BCUT2D eigenvalue weighted by molar-refractivity contribution is 5.69. The SMILES string of the molecule is CCOC(=O)CCCNC[C@]1(C)CCC[C@]2(C)c3ccc(C(C)C)cc3CC[C@@H]12. The van der Waals surface area contributed by atoms with Crippen molar-refractivity contribution in [3.05, 3.63) is 34.9 Å². The average molecular weight is 400 g/mol. The Morgan fingerprint density at radius 2 is 2.07 bits per heavy atom. The largest absolute Gasteiger partial charge is 0.466 e. The minimum Gasteiger partial charge on any atom is -0.466 e. The molecule has 2 aliphatic carbocycles. The number of nitrogens with one attached hydrogen (secondary N) is 1. The summed E-state index contributed by atoms with van der Waals surface area (Å²) < 4.78 is 5.03. The molecule has 3 nitrogen and oxygen atoms in total. The van der Waals surface area contributed by atoms with E-state index in [1.165, 1.54) is 37.7 Å². The molecule has 0 heterocycles. The summed E-state index contributed by atoms with van der Waals surface area (Å²) in [6, 6.07) is 7.31. The van der Waals surface area contributed by atoms with Crippen LogP contribution in [-0.4, -0.2) is 25.7 Å². The summed E-state index contributed by atoms with van der Waals surface area (Å²) in [4.78, 5) is 11.5. The minimum absolute atomic E-state index is 0.0737. The fourth-order valence-corrected chi connectivity index (χ4v) is 6.18. The van der Waals surface area contributed by atoms with Crippen molar-refractivity contribution in [2.24, 2.45) is 11.3 Å². The second kappa shape index (κ2) is 9.20. The van der Waals surface area contributed by atoms with Gasteiger partial charge < -0.3 is 10.1 Å². The number of hydrogen-bond acceptors (Lipinski definition) is 3. The van der Waals surface area contributed by atoms with E-state index < -0.39 is 0 Å². The van der Waals surface area contributed by atoms with E-state index in [1.54, 1.807) is 11.1 Å².